The molecule has 2 amide bonds. The predicted octanol–water partition coefficient (Wildman–Crippen LogP) is 5.98. The number of amides is 2. The normalized spacial score (nSPS) is 20.4. The maximum Gasteiger partial charge on any atom is 0.253 e. The van der Waals surface area contributed by atoms with Gasteiger partial charge in [-0.1, -0.05) is 19.1 Å². The number of rotatable bonds is 14. The van der Waals surface area contributed by atoms with Crippen LogP contribution in [0.4, 0.5) is 24.5 Å². The van der Waals surface area contributed by atoms with Gasteiger partial charge in [0.25, 0.3) is 5.91 Å². The van der Waals surface area contributed by atoms with Gasteiger partial charge in [-0.15, -0.1) is 0 Å². The summed E-state index contributed by atoms with van der Waals surface area (Å²) in [5.74, 6) is -2.44. The van der Waals surface area contributed by atoms with Gasteiger partial charge < -0.3 is 21.3 Å². The number of hydrogen-bond donors (Lipinski definition) is 6. The van der Waals surface area contributed by atoms with Crippen LogP contribution in [0.25, 0.3) is 0 Å². The van der Waals surface area contributed by atoms with E-state index >= 15 is 0 Å². The molecule has 310 valence electrons. The Hall–Kier alpha value is -3.67. The van der Waals surface area contributed by atoms with Crippen molar-refractivity contribution in [3.63, 3.8) is 0 Å². The zero-order valence-electron chi connectivity index (χ0n) is 33.0. The molecular weight excluding hydrogens is 758 g/mol. The van der Waals surface area contributed by atoms with E-state index in [0.717, 1.165) is 30.5 Å². The predicted molar refractivity (Wildman–Crippen MR) is 212 cm³/mol. The van der Waals surface area contributed by atoms with Crippen molar-refractivity contribution >= 4 is 43.7 Å². The smallest absolute Gasteiger partial charge is 0.253 e. The number of benzene rings is 2. The largest absolute Gasteiger partial charge is 0.384 e. The first-order valence-corrected chi connectivity index (χ1v) is 21.2. The Bertz CT molecular complexity index is 1820. The molecule has 2 aromatic rings. The number of carbonyl (C=O) groups excluding carboxylic acids is 2. The summed E-state index contributed by atoms with van der Waals surface area (Å²) in [5.41, 5.74) is 3.49. The standard InChI is InChI=1S/C19H29FN2O2S.C17H25F2N3O3S.C2H5NO/c1-14-9-15(2)12-19(11-14,7-8-20)13-22-18-6-5-17(10-16(18)3)25(23,24)21-4;1-11(12-6-8-17(18,19)9-7-12)22-15-5-4-13(26(24,25)21-3)10-14(15)16(23)20-2;1-3-2-4/h5-6,10,15,21-22H,1,7-9,11-13H2,2-4H3;4-5,10-12,21-22H,6-9H2,1-3H3,(H,20,23);2H,1H3,(H,3,4)/t;11-;/m.1./s1. The molecule has 0 radical (unpaired) electrons. The lowest BCUT2D eigenvalue weighted by atomic mass is 9.67. The van der Waals surface area contributed by atoms with Crippen molar-refractivity contribution in [2.75, 3.05) is 52.0 Å². The number of hydrogen-bond acceptors (Lipinski definition) is 8. The Labute approximate surface area is 325 Å². The lowest BCUT2D eigenvalue weighted by Crippen LogP contribution is -2.36. The van der Waals surface area contributed by atoms with Crippen LogP contribution in [-0.2, 0) is 24.8 Å². The van der Waals surface area contributed by atoms with Gasteiger partial charge in [0.05, 0.1) is 22.0 Å². The number of halogens is 3. The minimum Gasteiger partial charge on any atom is -0.384 e. The summed E-state index contributed by atoms with van der Waals surface area (Å²) in [5, 5.41) is 11.4. The molecule has 0 aliphatic heterocycles. The molecule has 0 bridgehead atoms. The number of alkyl halides is 3. The summed E-state index contributed by atoms with van der Waals surface area (Å²) in [6.07, 6.45) is 4.54. The lowest BCUT2D eigenvalue weighted by Gasteiger charge is -2.41. The van der Waals surface area contributed by atoms with Gasteiger partial charge in [0.2, 0.25) is 32.4 Å². The quantitative estimate of drug-likeness (QED) is 0.0998. The maximum atomic E-state index is 13.3. The molecule has 0 spiro atoms. The van der Waals surface area contributed by atoms with Crippen molar-refractivity contribution in [3.8, 4) is 0 Å². The molecule has 55 heavy (non-hydrogen) atoms. The highest BCUT2D eigenvalue weighted by Gasteiger charge is 2.37. The average molecular weight is 817 g/mol. The van der Waals surface area contributed by atoms with Crippen LogP contribution in [0.3, 0.4) is 0 Å². The molecule has 2 aromatic carbocycles. The van der Waals surface area contributed by atoms with Crippen molar-refractivity contribution in [2.45, 2.75) is 93.9 Å². The second-order valence-corrected chi connectivity index (χ2v) is 18.2. The zero-order chi connectivity index (χ0) is 41.6. The molecule has 2 fully saturated rings. The molecule has 3 atom stereocenters. The molecule has 2 unspecified atom stereocenters. The highest BCUT2D eigenvalue weighted by molar-refractivity contribution is 7.89. The summed E-state index contributed by atoms with van der Waals surface area (Å²) >= 11 is 0. The molecule has 6 N–H and O–H groups in total. The van der Waals surface area contributed by atoms with Crippen LogP contribution in [0.1, 0.15) is 81.1 Å². The lowest BCUT2D eigenvalue weighted by molar-refractivity contribution is -0.109. The fourth-order valence-electron chi connectivity index (χ4n) is 7.18. The van der Waals surface area contributed by atoms with E-state index in [0.29, 0.717) is 43.8 Å². The van der Waals surface area contributed by atoms with Crippen LogP contribution in [0, 0.1) is 24.2 Å². The topological polar surface area (TPSA) is 175 Å². The van der Waals surface area contributed by atoms with E-state index in [1.807, 2.05) is 13.8 Å². The van der Waals surface area contributed by atoms with Crippen molar-refractivity contribution in [3.05, 3.63) is 59.7 Å². The Balaban J connectivity index is 0.000000347. The summed E-state index contributed by atoms with van der Waals surface area (Å²) in [6, 6.07) is 9.13. The molecule has 4 rings (SSSR count). The zero-order valence-corrected chi connectivity index (χ0v) is 34.6. The Morgan fingerprint density at radius 1 is 0.964 bits per heavy atom. The van der Waals surface area contributed by atoms with Gasteiger partial charge in [-0.2, -0.15) is 0 Å². The van der Waals surface area contributed by atoms with Crippen molar-refractivity contribution in [2.24, 2.45) is 17.3 Å². The van der Waals surface area contributed by atoms with Crippen LogP contribution in [-0.4, -0.2) is 82.5 Å². The molecule has 17 heteroatoms. The van der Waals surface area contributed by atoms with E-state index < -0.39 is 31.9 Å². The van der Waals surface area contributed by atoms with E-state index in [-0.39, 0.29) is 52.2 Å². The van der Waals surface area contributed by atoms with E-state index in [1.165, 1.54) is 44.9 Å². The number of sulfonamides is 2. The maximum absolute atomic E-state index is 13.3. The summed E-state index contributed by atoms with van der Waals surface area (Å²) in [7, 11) is -1.42. The van der Waals surface area contributed by atoms with Gasteiger partial charge in [0.15, 0.2) is 0 Å². The van der Waals surface area contributed by atoms with Gasteiger partial charge in [0.1, 0.15) is 0 Å². The van der Waals surface area contributed by atoms with E-state index in [1.54, 1.807) is 25.2 Å². The SMILES string of the molecule is C=C1CC(C)CC(CCF)(CNc2ccc(S(=O)(=O)NC)cc2C)C1.CNC(=O)c1cc(S(=O)(=O)NC)ccc1N[C@H](C)C1CCC(F)(F)CC1.CNC=O. The summed E-state index contributed by atoms with van der Waals surface area (Å²) in [4.78, 5) is 21.5. The van der Waals surface area contributed by atoms with Crippen molar-refractivity contribution in [1.29, 1.82) is 0 Å². The van der Waals surface area contributed by atoms with Gasteiger partial charge in [-0.25, -0.2) is 35.1 Å². The molecule has 12 nitrogen and oxygen atoms in total. The molecule has 0 heterocycles. The number of carbonyl (C=O) groups is 2. The summed E-state index contributed by atoms with van der Waals surface area (Å²) < 4.78 is 92.1. The Kier molecular flexibility index (Phi) is 18.1. The third-order valence-electron chi connectivity index (χ3n) is 10.1. The van der Waals surface area contributed by atoms with E-state index in [9.17, 15) is 34.8 Å². The van der Waals surface area contributed by atoms with Crippen LogP contribution < -0.4 is 30.7 Å². The molecular formula is C38H59F3N6O6S2. The van der Waals surface area contributed by atoms with Gasteiger partial charge >= 0.3 is 0 Å². The van der Waals surface area contributed by atoms with Gasteiger partial charge in [-0.05, 0) is 126 Å². The van der Waals surface area contributed by atoms with Crippen LogP contribution >= 0.6 is 0 Å². The van der Waals surface area contributed by atoms with Crippen molar-refractivity contribution in [1.82, 2.24) is 20.1 Å². The highest BCUT2D eigenvalue weighted by atomic mass is 32.2. The molecule has 2 aliphatic carbocycles. The fraction of sp³-hybridized carbons (Fsp3) is 0.579. The number of anilines is 2. The molecule has 0 aromatic heterocycles. The molecule has 0 saturated heterocycles. The first-order valence-electron chi connectivity index (χ1n) is 18.3. The number of nitrogens with one attached hydrogen (secondary N) is 6. The van der Waals surface area contributed by atoms with Crippen molar-refractivity contribution < 1.29 is 39.6 Å². The van der Waals surface area contributed by atoms with Crippen LogP contribution in [0.5, 0.6) is 0 Å². The molecule has 2 aliphatic rings. The minimum absolute atomic E-state index is 0.0193. The Morgan fingerprint density at radius 3 is 1.98 bits per heavy atom. The first kappa shape index (κ1) is 47.5. The number of aryl methyl sites for hydroxylation is 1. The van der Waals surface area contributed by atoms with E-state index in [2.05, 4.69) is 44.2 Å². The van der Waals surface area contributed by atoms with Gasteiger partial charge in [0, 0.05) is 50.9 Å². The van der Waals surface area contributed by atoms with Crippen LogP contribution in [0.2, 0.25) is 0 Å². The molecule has 2 saturated carbocycles. The summed E-state index contributed by atoms with van der Waals surface area (Å²) in [6.45, 7) is 10.4. The fourth-order valence-corrected chi connectivity index (χ4v) is 8.75. The van der Waals surface area contributed by atoms with Gasteiger partial charge in [-0.3, -0.25) is 14.0 Å². The average Bonchev–Trinajstić information content (AvgIpc) is 3.14. The first-order chi connectivity index (χ1) is 25.7. The Morgan fingerprint density at radius 2 is 1.51 bits per heavy atom. The number of allylic oxidation sites excluding steroid dienone is 1. The third-order valence-corrected chi connectivity index (χ3v) is 12.9. The second-order valence-electron chi connectivity index (χ2n) is 14.4. The minimum atomic E-state index is -3.68. The van der Waals surface area contributed by atoms with Crippen LogP contribution in [0.15, 0.2) is 58.3 Å². The second kappa shape index (κ2) is 21.0. The monoisotopic (exact) mass is 816 g/mol. The van der Waals surface area contributed by atoms with E-state index in [4.69, 9.17) is 4.79 Å². The third kappa shape index (κ3) is 14.1. The highest BCUT2D eigenvalue weighted by Crippen LogP contribution is 2.44.